The Morgan fingerprint density at radius 3 is 2.85 bits per heavy atom. The second-order valence-corrected chi connectivity index (χ2v) is 5.91. The van der Waals surface area contributed by atoms with Gasteiger partial charge in [0.05, 0.1) is 6.61 Å². The average Bonchev–Trinajstić information content (AvgIpc) is 2.48. The van der Waals surface area contributed by atoms with E-state index in [9.17, 15) is 0 Å². The van der Waals surface area contributed by atoms with Gasteiger partial charge in [0.25, 0.3) is 0 Å². The summed E-state index contributed by atoms with van der Waals surface area (Å²) in [7, 11) is 1.74. The number of benzene rings is 1. The summed E-state index contributed by atoms with van der Waals surface area (Å²) in [4.78, 5) is 2.55. The molecule has 1 fully saturated rings. The Labute approximate surface area is 123 Å². The fraction of sp³-hybridized carbons (Fsp3) is 0.647. The molecule has 2 N–H and O–H groups in total. The van der Waals surface area contributed by atoms with Gasteiger partial charge in [0, 0.05) is 26.2 Å². The summed E-state index contributed by atoms with van der Waals surface area (Å²) in [6.07, 6.45) is 3.85. The van der Waals surface area contributed by atoms with Crippen molar-refractivity contribution in [2.75, 3.05) is 20.2 Å². The summed E-state index contributed by atoms with van der Waals surface area (Å²) in [5.74, 6) is 0.861. The molecule has 3 nitrogen and oxygen atoms in total. The van der Waals surface area contributed by atoms with Crippen molar-refractivity contribution in [1.82, 2.24) is 4.90 Å². The van der Waals surface area contributed by atoms with Crippen LogP contribution in [-0.4, -0.2) is 31.1 Å². The Balaban J connectivity index is 1.99. The van der Waals surface area contributed by atoms with Crippen LogP contribution in [0.25, 0.3) is 0 Å². The van der Waals surface area contributed by atoms with Crippen LogP contribution in [0.5, 0.6) is 0 Å². The van der Waals surface area contributed by atoms with E-state index in [1.165, 1.54) is 36.9 Å². The van der Waals surface area contributed by atoms with Crippen LogP contribution in [0.2, 0.25) is 0 Å². The van der Waals surface area contributed by atoms with Crippen LogP contribution < -0.4 is 5.73 Å². The maximum atomic E-state index is 5.98. The molecule has 0 spiro atoms. The number of rotatable bonds is 6. The third-order valence-electron chi connectivity index (χ3n) is 4.48. The lowest BCUT2D eigenvalue weighted by atomic mass is 9.88. The van der Waals surface area contributed by atoms with Gasteiger partial charge in [0.1, 0.15) is 0 Å². The van der Waals surface area contributed by atoms with Crippen LogP contribution in [0.4, 0.5) is 0 Å². The Hall–Kier alpha value is -0.900. The highest BCUT2D eigenvalue weighted by Crippen LogP contribution is 2.26. The lowest BCUT2D eigenvalue weighted by molar-refractivity contribution is 0.107. The van der Waals surface area contributed by atoms with E-state index in [4.69, 9.17) is 10.5 Å². The summed E-state index contributed by atoms with van der Waals surface area (Å²) in [5, 5.41) is 0. The molecule has 0 bridgehead atoms. The first-order valence-electron chi connectivity index (χ1n) is 7.77. The summed E-state index contributed by atoms with van der Waals surface area (Å²) in [6, 6.07) is 9.25. The molecule has 2 atom stereocenters. The summed E-state index contributed by atoms with van der Waals surface area (Å²) >= 11 is 0. The van der Waals surface area contributed by atoms with Gasteiger partial charge in [-0.3, -0.25) is 4.90 Å². The van der Waals surface area contributed by atoms with Crippen molar-refractivity contribution in [2.24, 2.45) is 11.7 Å². The number of hydrogen-bond acceptors (Lipinski definition) is 3. The normalized spacial score (nSPS) is 23.9. The lowest BCUT2D eigenvalue weighted by Gasteiger charge is -2.39. The molecule has 0 aliphatic carbocycles. The largest absolute Gasteiger partial charge is 0.380 e. The Morgan fingerprint density at radius 2 is 2.15 bits per heavy atom. The zero-order valence-corrected chi connectivity index (χ0v) is 12.8. The molecular weight excluding hydrogens is 248 g/mol. The van der Waals surface area contributed by atoms with Gasteiger partial charge in [-0.15, -0.1) is 0 Å². The SMILES string of the molecule is CCC1CCN(Cc2cccc(COC)c2)C(CN)C1. The molecule has 0 radical (unpaired) electrons. The summed E-state index contributed by atoms with van der Waals surface area (Å²) in [6.45, 7) is 5.94. The average molecular weight is 276 g/mol. The van der Waals surface area contributed by atoms with Gasteiger partial charge < -0.3 is 10.5 Å². The standard InChI is InChI=1S/C17H28N2O/c1-3-14-7-8-19(17(10-14)11-18)12-15-5-4-6-16(9-15)13-20-2/h4-6,9,14,17H,3,7-8,10-13,18H2,1-2H3. The number of hydrogen-bond donors (Lipinski definition) is 1. The molecular formula is C17H28N2O. The number of methoxy groups -OCH3 is 1. The smallest absolute Gasteiger partial charge is 0.0713 e. The molecule has 1 aromatic rings. The second kappa shape index (κ2) is 7.77. The molecule has 2 rings (SSSR count). The quantitative estimate of drug-likeness (QED) is 0.868. The highest BCUT2D eigenvalue weighted by atomic mass is 16.5. The van der Waals surface area contributed by atoms with Crippen LogP contribution in [0, 0.1) is 5.92 Å². The maximum Gasteiger partial charge on any atom is 0.0713 e. The topological polar surface area (TPSA) is 38.5 Å². The van der Waals surface area contributed by atoms with Crippen LogP contribution in [0.3, 0.4) is 0 Å². The van der Waals surface area contributed by atoms with Crippen LogP contribution in [0.1, 0.15) is 37.3 Å². The van der Waals surface area contributed by atoms with Crippen LogP contribution >= 0.6 is 0 Å². The molecule has 0 aromatic heterocycles. The van der Waals surface area contributed by atoms with Crippen molar-refractivity contribution in [2.45, 2.75) is 45.4 Å². The first-order chi connectivity index (χ1) is 9.76. The minimum atomic E-state index is 0.541. The van der Waals surface area contributed by atoms with Crippen molar-refractivity contribution in [1.29, 1.82) is 0 Å². The highest BCUT2D eigenvalue weighted by Gasteiger charge is 2.26. The van der Waals surface area contributed by atoms with E-state index in [1.54, 1.807) is 7.11 Å². The molecule has 112 valence electrons. The van der Waals surface area contributed by atoms with E-state index >= 15 is 0 Å². The van der Waals surface area contributed by atoms with Gasteiger partial charge >= 0.3 is 0 Å². The number of likely N-dealkylation sites (tertiary alicyclic amines) is 1. The molecule has 1 aromatic carbocycles. The van der Waals surface area contributed by atoms with Crippen molar-refractivity contribution < 1.29 is 4.74 Å². The van der Waals surface area contributed by atoms with Gasteiger partial charge in [-0.2, -0.15) is 0 Å². The zero-order valence-electron chi connectivity index (χ0n) is 12.8. The minimum Gasteiger partial charge on any atom is -0.380 e. The maximum absolute atomic E-state index is 5.98. The van der Waals surface area contributed by atoms with Gasteiger partial charge in [0.15, 0.2) is 0 Å². The first-order valence-corrected chi connectivity index (χ1v) is 7.77. The summed E-state index contributed by atoms with van der Waals surface area (Å²) < 4.78 is 5.21. The predicted molar refractivity (Wildman–Crippen MR) is 83.4 cm³/mol. The fourth-order valence-electron chi connectivity index (χ4n) is 3.23. The van der Waals surface area contributed by atoms with Crippen molar-refractivity contribution in [3.05, 3.63) is 35.4 Å². The minimum absolute atomic E-state index is 0.541. The highest BCUT2D eigenvalue weighted by molar-refractivity contribution is 5.23. The first kappa shape index (κ1) is 15.5. The lowest BCUT2D eigenvalue weighted by Crippen LogP contribution is -2.46. The van der Waals surface area contributed by atoms with Crippen molar-refractivity contribution in [3.8, 4) is 0 Å². The van der Waals surface area contributed by atoms with E-state index in [0.717, 1.165) is 19.0 Å². The molecule has 2 unspecified atom stereocenters. The fourth-order valence-corrected chi connectivity index (χ4v) is 3.23. The van der Waals surface area contributed by atoms with Gasteiger partial charge in [-0.05, 0) is 36.4 Å². The van der Waals surface area contributed by atoms with Crippen molar-refractivity contribution >= 4 is 0 Å². The van der Waals surface area contributed by atoms with Gasteiger partial charge in [0.2, 0.25) is 0 Å². The molecule has 1 heterocycles. The Morgan fingerprint density at radius 1 is 1.35 bits per heavy atom. The van der Waals surface area contributed by atoms with E-state index in [-0.39, 0.29) is 0 Å². The molecule has 1 aliphatic rings. The third-order valence-corrected chi connectivity index (χ3v) is 4.48. The zero-order chi connectivity index (χ0) is 14.4. The van der Waals surface area contributed by atoms with Crippen molar-refractivity contribution in [3.63, 3.8) is 0 Å². The van der Waals surface area contributed by atoms with E-state index in [0.29, 0.717) is 12.6 Å². The Bertz CT molecular complexity index is 408. The van der Waals surface area contributed by atoms with E-state index < -0.39 is 0 Å². The number of piperidine rings is 1. The predicted octanol–water partition coefficient (Wildman–Crippen LogP) is 2.78. The number of nitrogens with zero attached hydrogens (tertiary/aromatic N) is 1. The monoisotopic (exact) mass is 276 g/mol. The molecule has 1 saturated heterocycles. The number of ether oxygens (including phenoxy) is 1. The van der Waals surface area contributed by atoms with E-state index in [2.05, 4.69) is 36.1 Å². The molecule has 3 heteroatoms. The second-order valence-electron chi connectivity index (χ2n) is 5.91. The Kier molecular flexibility index (Phi) is 6.02. The molecule has 0 saturated carbocycles. The van der Waals surface area contributed by atoms with Gasteiger partial charge in [-0.25, -0.2) is 0 Å². The number of nitrogens with two attached hydrogens (primary N) is 1. The molecule has 0 amide bonds. The van der Waals surface area contributed by atoms with Gasteiger partial charge in [-0.1, -0.05) is 37.6 Å². The van der Waals surface area contributed by atoms with E-state index in [1.807, 2.05) is 0 Å². The molecule has 20 heavy (non-hydrogen) atoms. The third kappa shape index (κ3) is 4.05. The molecule has 1 aliphatic heterocycles. The summed E-state index contributed by atoms with van der Waals surface area (Å²) in [5.41, 5.74) is 8.60. The van der Waals surface area contributed by atoms with Crippen LogP contribution in [-0.2, 0) is 17.9 Å². The van der Waals surface area contributed by atoms with Crippen LogP contribution in [0.15, 0.2) is 24.3 Å².